The Balaban J connectivity index is 1.51. The lowest BCUT2D eigenvalue weighted by atomic mass is 10.0. The zero-order chi connectivity index (χ0) is 22.0. The minimum absolute atomic E-state index is 0.0283. The molecule has 31 heavy (non-hydrogen) atoms. The maximum absolute atomic E-state index is 13.2. The number of amides is 4. The van der Waals surface area contributed by atoms with Crippen molar-refractivity contribution in [2.24, 2.45) is 0 Å². The zero-order valence-corrected chi connectivity index (χ0v) is 17.6. The van der Waals surface area contributed by atoms with Crippen LogP contribution >= 0.6 is 0 Å². The second kappa shape index (κ2) is 8.67. The highest BCUT2D eigenvalue weighted by molar-refractivity contribution is 6.01. The number of carbonyl (C=O) groups is 3. The van der Waals surface area contributed by atoms with E-state index in [9.17, 15) is 14.4 Å². The number of imide groups is 1. The first-order chi connectivity index (χ1) is 15.0. The number of carbonyl (C=O) groups excluding carboxylic acids is 3. The Morgan fingerprint density at radius 3 is 2.52 bits per heavy atom. The molecule has 0 bridgehead atoms. The second-order valence-electron chi connectivity index (χ2n) is 7.60. The van der Waals surface area contributed by atoms with Crippen molar-refractivity contribution in [2.45, 2.75) is 25.4 Å². The van der Waals surface area contributed by atoms with Gasteiger partial charge in [-0.2, -0.15) is 0 Å². The van der Waals surface area contributed by atoms with E-state index in [1.807, 2.05) is 23.1 Å². The Hall–Kier alpha value is -3.55. The molecule has 0 unspecified atom stereocenters. The van der Waals surface area contributed by atoms with Gasteiger partial charge in [-0.15, -0.1) is 0 Å². The van der Waals surface area contributed by atoms with E-state index in [1.54, 1.807) is 38.5 Å². The summed E-state index contributed by atoms with van der Waals surface area (Å²) in [6, 6.07) is 12.3. The van der Waals surface area contributed by atoms with E-state index in [-0.39, 0.29) is 30.9 Å². The lowest BCUT2D eigenvalue weighted by Gasteiger charge is -2.27. The van der Waals surface area contributed by atoms with Gasteiger partial charge in [0.1, 0.15) is 11.5 Å². The third-order valence-corrected chi connectivity index (χ3v) is 5.79. The van der Waals surface area contributed by atoms with Crippen LogP contribution in [0.5, 0.6) is 11.5 Å². The summed E-state index contributed by atoms with van der Waals surface area (Å²) in [5.41, 5.74) is 2.32. The molecule has 2 heterocycles. The first kappa shape index (κ1) is 20.7. The predicted molar refractivity (Wildman–Crippen MR) is 113 cm³/mol. The Morgan fingerprint density at radius 2 is 1.87 bits per heavy atom. The molecule has 0 aliphatic carbocycles. The average Bonchev–Trinajstić information content (AvgIpc) is 3.41. The standard InChI is InChI=1S/C23H25N3O5/c1-30-17-9-10-18(20(12-17)31-2)19-4-3-11-25(19)22(28)16-7-5-15(6-8-16)14-26-21(27)13-24-23(26)29/h5-10,12,19H,3-4,11,13-14H2,1-2H3,(H,24,29)/t19-/m1/s1. The maximum Gasteiger partial charge on any atom is 0.324 e. The van der Waals surface area contributed by atoms with Crippen LogP contribution in [-0.2, 0) is 11.3 Å². The zero-order valence-electron chi connectivity index (χ0n) is 17.6. The molecule has 0 saturated carbocycles. The van der Waals surface area contributed by atoms with Crippen LogP contribution in [0.3, 0.4) is 0 Å². The smallest absolute Gasteiger partial charge is 0.324 e. The van der Waals surface area contributed by atoms with Gasteiger partial charge in [0.05, 0.1) is 33.4 Å². The molecule has 4 amide bonds. The number of methoxy groups -OCH3 is 2. The molecule has 0 radical (unpaired) electrons. The van der Waals surface area contributed by atoms with E-state index >= 15 is 0 Å². The van der Waals surface area contributed by atoms with Crippen molar-refractivity contribution in [3.05, 3.63) is 59.2 Å². The highest BCUT2D eigenvalue weighted by Crippen LogP contribution is 2.39. The SMILES string of the molecule is COc1ccc([C@H]2CCCN2C(=O)c2ccc(CN3C(=O)CNC3=O)cc2)c(OC)c1. The molecule has 162 valence electrons. The van der Waals surface area contributed by atoms with Crippen molar-refractivity contribution < 1.29 is 23.9 Å². The number of benzene rings is 2. The molecule has 2 aromatic rings. The van der Waals surface area contributed by atoms with Gasteiger partial charge < -0.3 is 19.7 Å². The number of nitrogens with zero attached hydrogens (tertiary/aromatic N) is 2. The van der Waals surface area contributed by atoms with Crippen LogP contribution in [0.25, 0.3) is 0 Å². The summed E-state index contributed by atoms with van der Waals surface area (Å²) in [5, 5.41) is 2.50. The van der Waals surface area contributed by atoms with E-state index < -0.39 is 6.03 Å². The first-order valence-corrected chi connectivity index (χ1v) is 10.2. The van der Waals surface area contributed by atoms with Gasteiger partial charge in [-0.25, -0.2) is 4.79 Å². The summed E-state index contributed by atoms with van der Waals surface area (Å²) in [4.78, 5) is 39.8. The third kappa shape index (κ3) is 4.05. The Bertz CT molecular complexity index is 989. The van der Waals surface area contributed by atoms with Crippen LogP contribution in [0.1, 0.15) is 40.4 Å². The van der Waals surface area contributed by atoms with Crippen LogP contribution in [0.4, 0.5) is 4.79 Å². The van der Waals surface area contributed by atoms with Crippen molar-refractivity contribution in [2.75, 3.05) is 27.3 Å². The minimum Gasteiger partial charge on any atom is -0.497 e. The van der Waals surface area contributed by atoms with Gasteiger partial charge in [0.2, 0.25) is 5.91 Å². The maximum atomic E-state index is 13.2. The first-order valence-electron chi connectivity index (χ1n) is 10.2. The van der Waals surface area contributed by atoms with Gasteiger partial charge in [-0.1, -0.05) is 12.1 Å². The summed E-state index contributed by atoms with van der Waals surface area (Å²) >= 11 is 0. The molecular formula is C23H25N3O5. The molecule has 4 rings (SSSR count). The van der Waals surface area contributed by atoms with Gasteiger partial charge >= 0.3 is 6.03 Å². The number of ether oxygens (including phenoxy) is 2. The van der Waals surface area contributed by atoms with Gasteiger partial charge in [-0.3, -0.25) is 14.5 Å². The summed E-state index contributed by atoms with van der Waals surface area (Å²) in [6.45, 7) is 0.887. The summed E-state index contributed by atoms with van der Waals surface area (Å²) in [7, 11) is 3.22. The third-order valence-electron chi connectivity index (χ3n) is 5.79. The molecule has 2 fully saturated rings. The molecule has 2 saturated heterocycles. The normalized spacial score (nSPS) is 18.3. The topological polar surface area (TPSA) is 88.2 Å². The van der Waals surface area contributed by atoms with Gasteiger partial charge in [0.25, 0.3) is 5.91 Å². The number of hydrogen-bond acceptors (Lipinski definition) is 5. The molecule has 8 nitrogen and oxygen atoms in total. The summed E-state index contributed by atoms with van der Waals surface area (Å²) in [5.74, 6) is 1.10. The van der Waals surface area contributed by atoms with Crippen molar-refractivity contribution in [1.82, 2.24) is 15.1 Å². The van der Waals surface area contributed by atoms with Crippen LogP contribution in [0.15, 0.2) is 42.5 Å². The van der Waals surface area contributed by atoms with Crippen molar-refractivity contribution in [3.8, 4) is 11.5 Å². The molecule has 2 aliphatic rings. The largest absolute Gasteiger partial charge is 0.497 e. The van der Waals surface area contributed by atoms with E-state index in [4.69, 9.17) is 9.47 Å². The fraction of sp³-hybridized carbons (Fsp3) is 0.348. The van der Waals surface area contributed by atoms with Gasteiger partial charge in [0, 0.05) is 23.7 Å². The molecule has 1 atom stereocenters. The fourth-order valence-electron chi connectivity index (χ4n) is 4.14. The molecule has 8 heteroatoms. The molecule has 0 aromatic heterocycles. The molecule has 2 aromatic carbocycles. The highest BCUT2D eigenvalue weighted by Gasteiger charge is 2.33. The molecule has 2 aliphatic heterocycles. The Morgan fingerprint density at radius 1 is 1.10 bits per heavy atom. The quantitative estimate of drug-likeness (QED) is 0.722. The lowest BCUT2D eigenvalue weighted by Crippen LogP contribution is -2.31. The van der Waals surface area contributed by atoms with Gasteiger partial charge in [-0.05, 0) is 42.7 Å². The van der Waals surface area contributed by atoms with Crippen LogP contribution in [0, 0.1) is 0 Å². The van der Waals surface area contributed by atoms with Crippen LogP contribution < -0.4 is 14.8 Å². The Labute approximate surface area is 180 Å². The summed E-state index contributed by atoms with van der Waals surface area (Å²) in [6.07, 6.45) is 1.77. The van der Waals surface area contributed by atoms with Crippen molar-refractivity contribution >= 4 is 17.8 Å². The molecule has 1 N–H and O–H groups in total. The van der Waals surface area contributed by atoms with Crippen LogP contribution in [0.2, 0.25) is 0 Å². The monoisotopic (exact) mass is 423 g/mol. The second-order valence-corrected chi connectivity index (χ2v) is 7.60. The van der Waals surface area contributed by atoms with Crippen LogP contribution in [-0.4, -0.2) is 55.0 Å². The van der Waals surface area contributed by atoms with Crippen molar-refractivity contribution in [1.29, 1.82) is 0 Å². The van der Waals surface area contributed by atoms with E-state index in [0.717, 1.165) is 24.0 Å². The molecular weight excluding hydrogens is 398 g/mol. The number of rotatable bonds is 6. The lowest BCUT2D eigenvalue weighted by molar-refractivity contribution is -0.125. The van der Waals surface area contributed by atoms with E-state index in [1.165, 1.54) is 4.90 Å². The highest BCUT2D eigenvalue weighted by atomic mass is 16.5. The van der Waals surface area contributed by atoms with E-state index in [0.29, 0.717) is 23.6 Å². The number of hydrogen-bond donors (Lipinski definition) is 1. The predicted octanol–water partition coefficient (Wildman–Crippen LogP) is 2.73. The van der Waals surface area contributed by atoms with Gasteiger partial charge in [0.15, 0.2) is 0 Å². The molecule has 0 spiro atoms. The number of urea groups is 1. The average molecular weight is 423 g/mol. The Kier molecular flexibility index (Phi) is 5.79. The summed E-state index contributed by atoms with van der Waals surface area (Å²) < 4.78 is 10.8. The van der Waals surface area contributed by atoms with E-state index in [2.05, 4.69) is 5.32 Å². The fourth-order valence-corrected chi connectivity index (χ4v) is 4.14. The van der Waals surface area contributed by atoms with Crippen molar-refractivity contribution in [3.63, 3.8) is 0 Å². The number of nitrogens with one attached hydrogen (secondary N) is 1. The minimum atomic E-state index is -0.390. The number of likely N-dealkylation sites (tertiary alicyclic amines) is 1.